The summed E-state index contributed by atoms with van der Waals surface area (Å²) in [6, 6.07) is 2.07. The standard InChI is InChI=1S/C8H10O6S2.2K/c1-5-3-7(15(9,10)11)6(2)8(4-5)16(12,13)14;;/h3-4H,1-2H3,(H,9,10,11)(H,12,13,14);;/q;2*+1/p-2. The van der Waals surface area contributed by atoms with Crippen LogP contribution in [0.4, 0.5) is 0 Å². The number of benzene rings is 1. The maximum atomic E-state index is 10.8. The van der Waals surface area contributed by atoms with E-state index in [1.165, 1.54) is 6.92 Å². The van der Waals surface area contributed by atoms with Gasteiger partial charge in [0.2, 0.25) is 0 Å². The fourth-order valence-corrected chi connectivity index (χ4v) is 3.01. The van der Waals surface area contributed by atoms with Crippen LogP contribution in [0.3, 0.4) is 0 Å². The van der Waals surface area contributed by atoms with Crippen LogP contribution >= 0.6 is 0 Å². The van der Waals surface area contributed by atoms with Crippen molar-refractivity contribution in [3.05, 3.63) is 23.3 Å². The van der Waals surface area contributed by atoms with Crippen molar-refractivity contribution < 1.29 is 129 Å². The molecular formula is C8H8K2O6S2. The van der Waals surface area contributed by atoms with Crippen molar-refractivity contribution in [3.8, 4) is 0 Å². The van der Waals surface area contributed by atoms with Gasteiger partial charge >= 0.3 is 103 Å². The first-order chi connectivity index (χ1) is 7.03. The summed E-state index contributed by atoms with van der Waals surface area (Å²) in [5, 5.41) is 0. The minimum atomic E-state index is -4.79. The normalized spacial score (nSPS) is 11.3. The van der Waals surface area contributed by atoms with Crippen molar-refractivity contribution in [3.63, 3.8) is 0 Å². The fourth-order valence-electron chi connectivity index (χ4n) is 1.31. The summed E-state index contributed by atoms with van der Waals surface area (Å²) >= 11 is 0. The second-order valence-electron chi connectivity index (χ2n) is 3.29. The molecule has 10 heteroatoms. The van der Waals surface area contributed by atoms with E-state index in [9.17, 15) is 25.9 Å². The smallest absolute Gasteiger partial charge is 0.744 e. The third-order valence-electron chi connectivity index (χ3n) is 2.00. The number of hydrogen-bond donors (Lipinski definition) is 0. The third kappa shape index (κ3) is 5.97. The van der Waals surface area contributed by atoms with E-state index >= 15 is 0 Å². The molecular weight excluding hydrogens is 334 g/mol. The summed E-state index contributed by atoms with van der Waals surface area (Å²) in [4.78, 5) is -1.36. The van der Waals surface area contributed by atoms with Crippen molar-refractivity contribution in [2.75, 3.05) is 0 Å². The largest absolute Gasteiger partial charge is 1.00 e. The number of rotatable bonds is 2. The van der Waals surface area contributed by atoms with Crippen LogP contribution in [-0.2, 0) is 20.2 Å². The molecule has 0 aliphatic carbocycles. The predicted octanol–water partition coefficient (Wildman–Crippen LogP) is -5.88. The van der Waals surface area contributed by atoms with Gasteiger partial charge in [-0.25, -0.2) is 16.8 Å². The zero-order valence-corrected chi connectivity index (χ0v) is 18.3. The van der Waals surface area contributed by atoms with E-state index in [4.69, 9.17) is 0 Å². The fraction of sp³-hybridized carbons (Fsp3) is 0.250. The van der Waals surface area contributed by atoms with E-state index < -0.39 is 30.0 Å². The molecule has 6 nitrogen and oxygen atoms in total. The Morgan fingerprint density at radius 1 is 0.833 bits per heavy atom. The Bertz CT molecular complexity index is 583. The van der Waals surface area contributed by atoms with Crippen molar-refractivity contribution in [2.45, 2.75) is 23.6 Å². The van der Waals surface area contributed by atoms with E-state index in [2.05, 4.69) is 0 Å². The van der Waals surface area contributed by atoms with Gasteiger partial charge in [-0.2, -0.15) is 0 Å². The van der Waals surface area contributed by atoms with Crippen LogP contribution in [0, 0.1) is 13.8 Å². The second kappa shape index (κ2) is 8.08. The van der Waals surface area contributed by atoms with Crippen LogP contribution in [0.15, 0.2) is 21.9 Å². The van der Waals surface area contributed by atoms with Gasteiger partial charge in [-0.1, -0.05) is 0 Å². The predicted molar refractivity (Wildman–Crippen MR) is 51.8 cm³/mol. The molecule has 0 bridgehead atoms. The zero-order valence-electron chi connectivity index (χ0n) is 10.4. The SMILES string of the molecule is Cc1cc(S(=O)(=O)[O-])c(C)c(S(=O)(=O)[O-])c1.[K+].[K+]. The molecule has 18 heavy (non-hydrogen) atoms. The molecule has 1 rings (SSSR count). The van der Waals surface area contributed by atoms with Gasteiger partial charge in [0.25, 0.3) is 0 Å². The monoisotopic (exact) mass is 342 g/mol. The van der Waals surface area contributed by atoms with Gasteiger partial charge in [-0.15, -0.1) is 0 Å². The average Bonchev–Trinajstić information content (AvgIpc) is 2.04. The van der Waals surface area contributed by atoms with Crippen molar-refractivity contribution in [1.29, 1.82) is 0 Å². The molecule has 0 fully saturated rings. The Hall–Kier alpha value is 2.31. The van der Waals surface area contributed by atoms with Crippen LogP contribution in [0.1, 0.15) is 11.1 Å². The van der Waals surface area contributed by atoms with Gasteiger partial charge in [0.15, 0.2) is 0 Å². The molecule has 0 aliphatic rings. The van der Waals surface area contributed by atoms with Gasteiger partial charge in [-0.3, -0.25) is 0 Å². The van der Waals surface area contributed by atoms with E-state index in [-0.39, 0.29) is 114 Å². The summed E-state index contributed by atoms with van der Waals surface area (Å²) in [6.07, 6.45) is 0. The number of aryl methyl sites for hydroxylation is 1. The van der Waals surface area contributed by atoms with Gasteiger partial charge in [0.1, 0.15) is 20.2 Å². The van der Waals surface area contributed by atoms with E-state index in [0.29, 0.717) is 0 Å². The van der Waals surface area contributed by atoms with Gasteiger partial charge < -0.3 is 9.11 Å². The van der Waals surface area contributed by atoms with Crippen LogP contribution in [0.5, 0.6) is 0 Å². The second-order valence-corrected chi connectivity index (χ2v) is 5.99. The molecule has 0 atom stereocenters. The summed E-state index contributed by atoms with van der Waals surface area (Å²) in [6.45, 7) is 2.50. The topological polar surface area (TPSA) is 114 Å². The minimum absolute atomic E-state index is 0. The first-order valence-corrected chi connectivity index (χ1v) is 6.88. The van der Waals surface area contributed by atoms with Crippen molar-refractivity contribution in [1.82, 2.24) is 0 Å². The summed E-state index contributed by atoms with van der Waals surface area (Å²) in [5.41, 5.74) is -0.120. The van der Waals surface area contributed by atoms with Crippen LogP contribution < -0.4 is 103 Å². The molecule has 0 saturated carbocycles. The summed E-state index contributed by atoms with van der Waals surface area (Å²) in [5.74, 6) is 0. The molecule has 0 aromatic heterocycles. The Kier molecular flexibility index (Phi) is 10.1. The quantitative estimate of drug-likeness (QED) is 0.391. The molecule has 0 heterocycles. The van der Waals surface area contributed by atoms with Gasteiger partial charge in [-0.05, 0) is 37.1 Å². The van der Waals surface area contributed by atoms with Crippen LogP contribution in [0.25, 0.3) is 0 Å². The first-order valence-electron chi connectivity index (χ1n) is 4.06. The van der Waals surface area contributed by atoms with Gasteiger partial charge in [0, 0.05) is 0 Å². The molecule has 1 aromatic carbocycles. The van der Waals surface area contributed by atoms with E-state index in [1.807, 2.05) is 0 Å². The molecule has 0 N–H and O–H groups in total. The molecule has 0 unspecified atom stereocenters. The molecule has 0 aliphatic heterocycles. The maximum Gasteiger partial charge on any atom is 1.00 e. The Morgan fingerprint density at radius 2 is 1.11 bits per heavy atom. The Balaban J connectivity index is 0. The minimum Gasteiger partial charge on any atom is -0.744 e. The maximum absolute atomic E-state index is 10.8. The van der Waals surface area contributed by atoms with Crippen molar-refractivity contribution in [2.24, 2.45) is 0 Å². The molecule has 0 saturated heterocycles. The van der Waals surface area contributed by atoms with E-state index in [0.717, 1.165) is 19.1 Å². The van der Waals surface area contributed by atoms with E-state index in [1.54, 1.807) is 0 Å². The Labute approximate surface area is 191 Å². The van der Waals surface area contributed by atoms with Crippen molar-refractivity contribution >= 4 is 20.2 Å². The zero-order chi connectivity index (χ0) is 12.7. The Morgan fingerprint density at radius 3 is 1.33 bits per heavy atom. The number of hydrogen-bond acceptors (Lipinski definition) is 6. The molecule has 1 aromatic rings. The molecule has 0 amide bonds. The summed E-state index contributed by atoms with van der Waals surface area (Å²) < 4.78 is 65.0. The van der Waals surface area contributed by atoms with Crippen LogP contribution in [-0.4, -0.2) is 25.9 Å². The molecule has 0 spiro atoms. The third-order valence-corrected chi connectivity index (χ3v) is 3.92. The molecule has 90 valence electrons. The summed E-state index contributed by atoms with van der Waals surface area (Å²) in [7, 11) is -9.58. The first kappa shape index (κ1) is 22.6. The molecule has 0 radical (unpaired) electrons. The average molecular weight is 342 g/mol. The van der Waals surface area contributed by atoms with Gasteiger partial charge in [0.05, 0.1) is 9.79 Å². The van der Waals surface area contributed by atoms with Crippen LogP contribution in [0.2, 0.25) is 0 Å².